The number of nitrogens with zero attached hydrogens (tertiary/aromatic N) is 2. The molecular weight excluding hydrogens is 220 g/mol. The predicted molar refractivity (Wildman–Crippen MR) is 69.0 cm³/mol. The lowest BCUT2D eigenvalue weighted by molar-refractivity contribution is 0.545. The van der Waals surface area contributed by atoms with Gasteiger partial charge >= 0.3 is 0 Å². The molecule has 3 heteroatoms. The molecule has 1 heterocycles. The second-order valence-corrected chi connectivity index (χ2v) is 4.96. The van der Waals surface area contributed by atoms with Gasteiger partial charge in [0.25, 0.3) is 0 Å². The zero-order chi connectivity index (χ0) is 11.4. The van der Waals surface area contributed by atoms with E-state index in [-0.39, 0.29) is 0 Å². The topological polar surface area (TPSA) is 16.1 Å². The fraction of sp³-hybridized carbons (Fsp3) is 0.615. The highest BCUT2D eigenvalue weighted by Crippen LogP contribution is 2.26. The fourth-order valence-electron chi connectivity index (χ4n) is 2.40. The van der Waals surface area contributed by atoms with Gasteiger partial charge in [0.1, 0.15) is 5.82 Å². The minimum absolute atomic E-state index is 0.541. The Morgan fingerprint density at radius 3 is 2.69 bits per heavy atom. The number of pyridine rings is 1. The van der Waals surface area contributed by atoms with Gasteiger partial charge in [-0.2, -0.15) is 0 Å². The van der Waals surface area contributed by atoms with E-state index in [9.17, 15) is 0 Å². The molecule has 1 fully saturated rings. The summed E-state index contributed by atoms with van der Waals surface area (Å²) >= 11 is 5.74. The maximum Gasteiger partial charge on any atom is 0.128 e. The van der Waals surface area contributed by atoms with Crippen molar-refractivity contribution in [3.8, 4) is 0 Å². The summed E-state index contributed by atoms with van der Waals surface area (Å²) in [6.45, 7) is 1.13. The third-order valence-corrected chi connectivity index (χ3v) is 3.67. The Hall–Kier alpha value is -0.760. The van der Waals surface area contributed by atoms with E-state index in [4.69, 9.17) is 11.6 Å². The molecule has 0 aromatic carbocycles. The van der Waals surface area contributed by atoms with Crippen LogP contribution < -0.4 is 4.90 Å². The summed E-state index contributed by atoms with van der Waals surface area (Å²) in [4.78, 5) is 6.69. The molecule has 0 saturated heterocycles. The Kier molecular flexibility index (Phi) is 4.05. The van der Waals surface area contributed by atoms with Crippen LogP contribution in [0.4, 0.5) is 5.82 Å². The summed E-state index contributed by atoms with van der Waals surface area (Å²) < 4.78 is 0. The van der Waals surface area contributed by atoms with E-state index in [0.717, 1.165) is 23.8 Å². The van der Waals surface area contributed by atoms with Gasteiger partial charge in [0.05, 0.1) is 0 Å². The van der Waals surface area contributed by atoms with Crippen molar-refractivity contribution in [2.75, 3.05) is 18.5 Å². The van der Waals surface area contributed by atoms with Crippen LogP contribution in [0.25, 0.3) is 0 Å². The van der Waals surface area contributed by atoms with E-state index in [0.29, 0.717) is 5.88 Å². The summed E-state index contributed by atoms with van der Waals surface area (Å²) in [7, 11) is 2.13. The average molecular weight is 239 g/mol. The van der Waals surface area contributed by atoms with E-state index in [1.807, 2.05) is 6.20 Å². The van der Waals surface area contributed by atoms with Crippen molar-refractivity contribution in [1.29, 1.82) is 0 Å². The van der Waals surface area contributed by atoms with E-state index in [1.165, 1.54) is 25.7 Å². The van der Waals surface area contributed by atoms with Crippen LogP contribution in [0.2, 0.25) is 0 Å². The van der Waals surface area contributed by atoms with Crippen LogP contribution in [0.3, 0.4) is 0 Å². The summed E-state index contributed by atoms with van der Waals surface area (Å²) in [5.74, 6) is 2.46. The number of hydrogen-bond acceptors (Lipinski definition) is 2. The van der Waals surface area contributed by atoms with Crippen molar-refractivity contribution >= 4 is 17.4 Å². The Labute approximate surface area is 103 Å². The number of anilines is 1. The second-order valence-electron chi connectivity index (χ2n) is 4.69. The van der Waals surface area contributed by atoms with E-state index in [1.54, 1.807) is 0 Å². The minimum Gasteiger partial charge on any atom is -0.359 e. The van der Waals surface area contributed by atoms with Gasteiger partial charge < -0.3 is 4.90 Å². The zero-order valence-corrected chi connectivity index (χ0v) is 10.6. The van der Waals surface area contributed by atoms with Gasteiger partial charge in [0, 0.05) is 25.7 Å². The van der Waals surface area contributed by atoms with E-state index >= 15 is 0 Å². The number of alkyl halides is 1. The molecule has 0 bridgehead atoms. The lowest BCUT2D eigenvalue weighted by Crippen LogP contribution is -2.24. The lowest BCUT2D eigenvalue weighted by atomic mass is 10.1. The monoisotopic (exact) mass is 238 g/mol. The molecule has 88 valence electrons. The second kappa shape index (κ2) is 5.53. The molecule has 0 spiro atoms. The highest BCUT2D eigenvalue weighted by molar-refractivity contribution is 6.17. The van der Waals surface area contributed by atoms with Gasteiger partial charge in [0.2, 0.25) is 0 Å². The van der Waals surface area contributed by atoms with Gasteiger partial charge in [-0.05, 0) is 30.4 Å². The first-order valence-corrected chi connectivity index (χ1v) is 6.55. The number of aromatic nitrogens is 1. The highest BCUT2D eigenvalue weighted by atomic mass is 35.5. The standard InChI is InChI=1S/C13H19ClN2/c1-16(10-11-4-2-3-5-11)13-7-6-12(8-14)9-15-13/h6-7,9,11H,2-5,8,10H2,1H3. The van der Waals surface area contributed by atoms with Crippen LogP contribution in [-0.2, 0) is 5.88 Å². The van der Waals surface area contributed by atoms with Crippen LogP contribution in [0.15, 0.2) is 18.3 Å². The number of rotatable bonds is 4. The lowest BCUT2D eigenvalue weighted by Gasteiger charge is -2.22. The van der Waals surface area contributed by atoms with Crippen molar-refractivity contribution in [2.24, 2.45) is 5.92 Å². The molecule has 1 aromatic heterocycles. The highest BCUT2D eigenvalue weighted by Gasteiger charge is 2.17. The number of hydrogen-bond donors (Lipinski definition) is 0. The largest absolute Gasteiger partial charge is 0.359 e. The van der Waals surface area contributed by atoms with Gasteiger partial charge in [-0.25, -0.2) is 4.98 Å². The van der Waals surface area contributed by atoms with Gasteiger partial charge in [0.15, 0.2) is 0 Å². The Morgan fingerprint density at radius 1 is 1.38 bits per heavy atom. The molecule has 1 aliphatic carbocycles. The molecule has 0 aliphatic heterocycles. The zero-order valence-electron chi connectivity index (χ0n) is 9.82. The Morgan fingerprint density at radius 2 is 2.12 bits per heavy atom. The molecule has 0 atom stereocenters. The summed E-state index contributed by atoms with van der Waals surface area (Å²) in [5.41, 5.74) is 1.08. The van der Waals surface area contributed by atoms with E-state index in [2.05, 4.69) is 29.1 Å². The van der Waals surface area contributed by atoms with E-state index < -0.39 is 0 Å². The van der Waals surface area contributed by atoms with Gasteiger partial charge in [-0.3, -0.25) is 0 Å². The first kappa shape index (κ1) is 11.7. The summed E-state index contributed by atoms with van der Waals surface area (Å²) in [5, 5.41) is 0. The van der Waals surface area contributed by atoms with Crippen LogP contribution in [0.5, 0.6) is 0 Å². The van der Waals surface area contributed by atoms with Crippen molar-refractivity contribution in [2.45, 2.75) is 31.6 Å². The Balaban J connectivity index is 1.94. The quantitative estimate of drug-likeness (QED) is 0.747. The minimum atomic E-state index is 0.541. The van der Waals surface area contributed by atoms with Gasteiger partial charge in [-0.1, -0.05) is 18.9 Å². The average Bonchev–Trinajstić information content (AvgIpc) is 2.82. The van der Waals surface area contributed by atoms with Crippen LogP contribution in [0, 0.1) is 5.92 Å². The molecule has 2 rings (SSSR count). The molecular formula is C13H19ClN2. The van der Waals surface area contributed by atoms with Crippen LogP contribution in [-0.4, -0.2) is 18.6 Å². The first-order valence-electron chi connectivity index (χ1n) is 6.01. The molecule has 0 unspecified atom stereocenters. The van der Waals surface area contributed by atoms with Crippen molar-refractivity contribution in [1.82, 2.24) is 4.98 Å². The fourth-order valence-corrected chi connectivity index (χ4v) is 2.55. The predicted octanol–water partition coefficient (Wildman–Crippen LogP) is 3.45. The maximum absolute atomic E-state index is 5.74. The summed E-state index contributed by atoms with van der Waals surface area (Å²) in [6.07, 6.45) is 7.43. The van der Waals surface area contributed by atoms with Crippen LogP contribution >= 0.6 is 11.6 Å². The normalized spacial score (nSPS) is 16.6. The van der Waals surface area contributed by atoms with Gasteiger partial charge in [-0.15, -0.1) is 11.6 Å². The molecule has 0 amide bonds. The third kappa shape index (κ3) is 2.88. The molecule has 1 aromatic rings. The van der Waals surface area contributed by atoms with Crippen molar-refractivity contribution in [3.05, 3.63) is 23.9 Å². The molecule has 1 saturated carbocycles. The molecule has 16 heavy (non-hydrogen) atoms. The number of halogens is 1. The SMILES string of the molecule is CN(CC1CCCC1)c1ccc(CCl)cn1. The van der Waals surface area contributed by atoms with Crippen molar-refractivity contribution in [3.63, 3.8) is 0 Å². The van der Waals surface area contributed by atoms with Crippen molar-refractivity contribution < 1.29 is 0 Å². The molecule has 1 aliphatic rings. The maximum atomic E-state index is 5.74. The molecule has 2 nitrogen and oxygen atoms in total. The third-order valence-electron chi connectivity index (χ3n) is 3.36. The van der Waals surface area contributed by atoms with Crippen LogP contribution in [0.1, 0.15) is 31.2 Å². The smallest absolute Gasteiger partial charge is 0.128 e. The summed E-state index contributed by atoms with van der Waals surface area (Å²) in [6, 6.07) is 4.12. The molecule has 0 N–H and O–H groups in total. The first-order chi connectivity index (χ1) is 7.79. The molecule has 0 radical (unpaired) electrons. The Bertz CT molecular complexity index is 317.